The first-order valence-corrected chi connectivity index (χ1v) is 14.0. The summed E-state index contributed by atoms with van der Waals surface area (Å²) < 4.78 is 19.3. The van der Waals surface area contributed by atoms with E-state index in [0.29, 0.717) is 12.0 Å². The van der Waals surface area contributed by atoms with E-state index in [1.807, 2.05) is 0 Å². The third kappa shape index (κ3) is 5.35. The van der Waals surface area contributed by atoms with Gasteiger partial charge in [0.25, 0.3) is 13.3 Å². The molecule has 1 saturated carbocycles. The van der Waals surface area contributed by atoms with Gasteiger partial charge in [-0.15, -0.1) is 5.92 Å². The van der Waals surface area contributed by atoms with Crippen molar-refractivity contribution in [3.8, 4) is 11.8 Å². The van der Waals surface area contributed by atoms with Crippen LogP contribution >= 0.6 is 7.59 Å². The Morgan fingerprint density at radius 1 is 1.12 bits per heavy atom. The van der Waals surface area contributed by atoms with Crippen molar-refractivity contribution in [3.63, 3.8) is 0 Å². The van der Waals surface area contributed by atoms with E-state index in [-0.39, 0.29) is 34.8 Å². The number of nitrogens with one attached hydrogen (secondary N) is 1. The fourth-order valence-corrected chi connectivity index (χ4v) is 9.08. The number of para-hydroxylation sites is 1. The molecule has 182 valence electrons. The predicted molar refractivity (Wildman–Crippen MR) is 134 cm³/mol. The number of fused-ring (bicyclic) bond motifs is 1. The Morgan fingerprint density at radius 2 is 1.70 bits per heavy atom. The summed E-state index contributed by atoms with van der Waals surface area (Å²) >= 11 is 0. The summed E-state index contributed by atoms with van der Waals surface area (Å²) in [6, 6.07) is 6.61. The van der Waals surface area contributed by atoms with E-state index in [0.717, 1.165) is 38.5 Å². The highest BCUT2D eigenvalue weighted by atomic mass is 31.2. The van der Waals surface area contributed by atoms with Crippen LogP contribution in [0.2, 0.25) is 0 Å². The second-order valence-electron chi connectivity index (χ2n) is 9.71. The van der Waals surface area contributed by atoms with Crippen LogP contribution in [0.15, 0.2) is 24.3 Å². The fraction of sp³-hybridized carbons (Fsp3) is 0.680. The summed E-state index contributed by atoms with van der Waals surface area (Å²) in [4.78, 5) is 11.4. The van der Waals surface area contributed by atoms with E-state index in [9.17, 15) is 14.7 Å². The minimum Gasteiger partial charge on any atom is -0.270 e. The highest BCUT2D eigenvalue weighted by Crippen LogP contribution is 2.63. The Balaban J connectivity index is 2.09. The van der Waals surface area contributed by atoms with Crippen LogP contribution in [0.25, 0.3) is 0 Å². The molecule has 2 fully saturated rings. The molecule has 1 saturated heterocycles. The molecule has 1 aliphatic heterocycles. The van der Waals surface area contributed by atoms with Gasteiger partial charge in [0.1, 0.15) is 6.04 Å². The Labute approximate surface area is 199 Å². The lowest BCUT2D eigenvalue weighted by atomic mass is 9.89. The number of unbranched alkanes of at least 4 members (excludes halogenated alkanes) is 2. The molecule has 0 bridgehead atoms. The van der Waals surface area contributed by atoms with Gasteiger partial charge in [-0.1, -0.05) is 44.2 Å². The zero-order valence-corrected chi connectivity index (χ0v) is 21.6. The van der Waals surface area contributed by atoms with E-state index < -0.39 is 13.6 Å². The van der Waals surface area contributed by atoms with Gasteiger partial charge in [0.05, 0.1) is 10.5 Å². The van der Waals surface area contributed by atoms with Gasteiger partial charge in [0.2, 0.25) is 0 Å². The van der Waals surface area contributed by atoms with Crippen LogP contribution < -0.4 is 5.09 Å². The quantitative estimate of drug-likeness (QED) is 0.157. The number of nitrogens with zero attached hydrogens (tertiary/aromatic N) is 3. The minimum absolute atomic E-state index is 0.00944. The minimum atomic E-state index is -3.24. The van der Waals surface area contributed by atoms with Gasteiger partial charge in [-0.2, -0.15) is 0 Å². The van der Waals surface area contributed by atoms with Crippen molar-refractivity contribution in [3.05, 3.63) is 39.9 Å². The lowest BCUT2D eigenvalue weighted by Crippen LogP contribution is -2.43. The molecular formula is C25H39N4O3P. The van der Waals surface area contributed by atoms with Crippen LogP contribution in [0.5, 0.6) is 0 Å². The highest BCUT2D eigenvalue weighted by molar-refractivity contribution is 7.57. The van der Waals surface area contributed by atoms with Gasteiger partial charge in [-0.3, -0.25) is 14.7 Å². The van der Waals surface area contributed by atoms with Gasteiger partial charge in [-0.05, 0) is 53.0 Å². The molecule has 8 heteroatoms. The van der Waals surface area contributed by atoms with E-state index in [2.05, 4.69) is 60.9 Å². The van der Waals surface area contributed by atoms with Crippen molar-refractivity contribution >= 4 is 13.3 Å². The van der Waals surface area contributed by atoms with Crippen LogP contribution in [0.3, 0.4) is 0 Å². The zero-order valence-electron chi connectivity index (χ0n) is 20.7. The first-order valence-electron chi connectivity index (χ1n) is 12.4. The number of hydrogen-bond donors (Lipinski definition) is 1. The lowest BCUT2D eigenvalue weighted by Gasteiger charge is -2.37. The maximum Gasteiger partial charge on any atom is 0.286 e. The van der Waals surface area contributed by atoms with Crippen LogP contribution in [0.1, 0.15) is 91.2 Å². The van der Waals surface area contributed by atoms with Crippen molar-refractivity contribution in [2.45, 2.75) is 110 Å². The predicted octanol–water partition coefficient (Wildman–Crippen LogP) is 6.27. The third-order valence-electron chi connectivity index (χ3n) is 6.70. The van der Waals surface area contributed by atoms with E-state index in [1.165, 1.54) is 6.07 Å². The molecule has 1 aromatic rings. The Hall–Kier alpha value is -1.71. The molecular weight excluding hydrogens is 435 g/mol. The zero-order chi connectivity index (χ0) is 24.2. The molecule has 0 radical (unpaired) electrons. The lowest BCUT2D eigenvalue weighted by molar-refractivity contribution is -0.385. The highest BCUT2D eigenvalue weighted by Gasteiger charge is 2.57. The average molecular weight is 475 g/mol. The first kappa shape index (κ1) is 25.9. The van der Waals surface area contributed by atoms with Crippen molar-refractivity contribution in [1.29, 1.82) is 0 Å². The summed E-state index contributed by atoms with van der Waals surface area (Å²) in [6.45, 7) is 10.5. The molecule has 0 spiro atoms. The van der Waals surface area contributed by atoms with E-state index in [4.69, 9.17) is 0 Å². The van der Waals surface area contributed by atoms with Crippen molar-refractivity contribution in [2.24, 2.45) is 0 Å². The molecule has 0 unspecified atom stereocenters. The standard InChI is InChI=1S/C25H39N4O3P/c1-6-7-8-9-15-22(21-14-10-11-16-23(21)29(30)31)26-33(32)27(19(2)3)24-17-12-13-18-25(24)28(33)20(4)5/h10-11,14,16,19-20,22,24-25H,6-8,12-13,17-18H2,1-5H3,(H,26,32)/t22-,24-,25-/m1/s1. The van der Waals surface area contributed by atoms with Crippen molar-refractivity contribution in [1.82, 2.24) is 14.4 Å². The fourth-order valence-electron chi connectivity index (χ4n) is 5.44. The molecule has 3 atom stereocenters. The summed E-state index contributed by atoms with van der Waals surface area (Å²) in [7, 11) is -3.24. The topological polar surface area (TPSA) is 78.7 Å². The Morgan fingerprint density at radius 3 is 2.21 bits per heavy atom. The van der Waals surface area contributed by atoms with Gasteiger partial charge in [-0.25, -0.2) is 14.4 Å². The summed E-state index contributed by atoms with van der Waals surface area (Å²) in [5.41, 5.74) is 0.485. The summed E-state index contributed by atoms with van der Waals surface area (Å²) in [6.07, 6.45) is 7.04. The molecule has 0 aromatic heterocycles. The number of nitro groups is 1. The average Bonchev–Trinajstić information content (AvgIpc) is 3.03. The van der Waals surface area contributed by atoms with Crippen LogP contribution in [-0.2, 0) is 4.57 Å². The van der Waals surface area contributed by atoms with Crippen molar-refractivity contribution in [2.75, 3.05) is 0 Å². The maximum absolute atomic E-state index is 15.0. The first-order chi connectivity index (χ1) is 15.7. The molecule has 1 N–H and O–H groups in total. The van der Waals surface area contributed by atoms with E-state index >= 15 is 0 Å². The largest absolute Gasteiger partial charge is 0.286 e. The molecule has 1 heterocycles. The monoisotopic (exact) mass is 474 g/mol. The molecule has 0 amide bonds. The molecule has 7 nitrogen and oxygen atoms in total. The second-order valence-corrected chi connectivity index (χ2v) is 12.0. The molecule has 1 aromatic carbocycles. The van der Waals surface area contributed by atoms with Gasteiger partial charge in [0, 0.05) is 36.7 Å². The van der Waals surface area contributed by atoms with Gasteiger partial charge in [0.15, 0.2) is 0 Å². The molecule has 3 rings (SSSR count). The van der Waals surface area contributed by atoms with Gasteiger partial charge >= 0.3 is 0 Å². The number of benzene rings is 1. The summed E-state index contributed by atoms with van der Waals surface area (Å²) in [5, 5.41) is 15.2. The number of hydrogen-bond acceptors (Lipinski definition) is 3. The molecule has 33 heavy (non-hydrogen) atoms. The van der Waals surface area contributed by atoms with Crippen LogP contribution in [0.4, 0.5) is 5.69 Å². The van der Waals surface area contributed by atoms with Gasteiger partial charge < -0.3 is 0 Å². The Bertz CT molecular complexity index is 911. The maximum atomic E-state index is 15.0. The second kappa shape index (κ2) is 11.1. The SMILES string of the molecule is CCCCC#C[C@@H](NP1(=O)N(C(C)C)[C@@H]2CCCC[C@H]2N1C(C)C)c1ccccc1[N+](=O)[O-]. The summed E-state index contributed by atoms with van der Waals surface area (Å²) in [5.74, 6) is 6.43. The van der Waals surface area contributed by atoms with Crippen LogP contribution in [-0.4, -0.2) is 38.4 Å². The van der Waals surface area contributed by atoms with E-state index in [1.54, 1.807) is 18.2 Å². The Kier molecular flexibility index (Phi) is 8.75. The van der Waals surface area contributed by atoms with Crippen molar-refractivity contribution < 1.29 is 9.49 Å². The third-order valence-corrected chi connectivity index (χ3v) is 10.1. The van der Waals surface area contributed by atoms with Crippen LogP contribution in [0, 0.1) is 22.0 Å². The number of rotatable bonds is 8. The molecule has 2 aliphatic rings. The smallest absolute Gasteiger partial charge is 0.270 e. The number of nitro benzene ring substituents is 1. The molecule has 1 aliphatic carbocycles. The normalized spacial score (nSPS) is 23.8.